The second kappa shape index (κ2) is 8.09. The summed E-state index contributed by atoms with van der Waals surface area (Å²) in [5.41, 5.74) is 1.08. The van der Waals surface area contributed by atoms with Crippen LogP contribution in [0.5, 0.6) is 5.88 Å². The lowest BCUT2D eigenvalue weighted by atomic mass is 10.2. The third-order valence-electron chi connectivity index (χ3n) is 3.12. The first-order valence-electron chi connectivity index (χ1n) is 7.15. The lowest BCUT2D eigenvalue weighted by Crippen LogP contribution is -2.29. The molecule has 7 heteroatoms. The number of nitrogens with zero attached hydrogens (tertiary/aromatic N) is 1. The number of pyridine rings is 2. The van der Waals surface area contributed by atoms with Crippen molar-refractivity contribution in [2.45, 2.75) is 13.5 Å². The number of carbonyl (C=O) groups is 1. The highest BCUT2D eigenvalue weighted by atomic mass is 16.5. The van der Waals surface area contributed by atoms with Crippen molar-refractivity contribution in [1.82, 2.24) is 15.3 Å². The molecule has 0 aliphatic carbocycles. The number of carbonyl (C=O) groups excluding carboxylic acids is 1. The Bertz CT molecular complexity index is 727. The molecule has 2 aromatic heterocycles. The number of rotatable bonds is 7. The third kappa shape index (κ3) is 4.65. The summed E-state index contributed by atoms with van der Waals surface area (Å²) in [7, 11) is 1.59. The van der Waals surface area contributed by atoms with Crippen molar-refractivity contribution in [1.29, 1.82) is 0 Å². The van der Waals surface area contributed by atoms with Gasteiger partial charge in [-0.1, -0.05) is 6.07 Å². The van der Waals surface area contributed by atoms with Gasteiger partial charge in [-0.3, -0.25) is 9.59 Å². The lowest BCUT2D eigenvalue weighted by Gasteiger charge is -2.10. The lowest BCUT2D eigenvalue weighted by molar-refractivity contribution is 0.0948. The molecule has 0 fully saturated rings. The quantitative estimate of drug-likeness (QED) is 0.744. The molecule has 2 heterocycles. The van der Waals surface area contributed by atoms with Crippen LogP contribution in [-0.4, -0.2) is 36.2 Å². The van der Waals surface area contributed by atoms with E-state index >= 15 is 0 Å². The maximum atomic E-state index is 12.1. The van der Waals surface area contributed by atoms with E-state index in [1.54, 1.807) is 38.4 Å². The molecule has 2 N–H and O–H groups in total. The average molecular weight is 317 g/mol. The fourth-order valence-electron chi connectivity index (χ4n) is 1.93. The van der Waals surface area contributed by atoms with Gasteiger partial charge in [0, 0.05) is 31.1 Å². The molecule has 1 amide bonds. The number of H-pyrrole nitrogens is 1. The van der Waals surface area contributed by atoms with Crippen LogP contribution in [0.1, 0.15) is 21.6 Å². The summed E-state index contributed by atoms with van der Waals surface area (Å²) in [5.74, 6) is -0.0133. The predicted molar refractivity (Wildman–Crippen MR) is 84.6 cm³/mol. The van der Waals surface area contributed by atoms with Gasteiger partial charge in [0.2, 0.25) is 5.88 Å². The number of ether oxygens (including phenoxy) is 2. The van der Waals surface area contributed by atoms with Crippen molar-refractivity contribution in [3.63, 3.8) is 0 Å². The fourth-order valence-corrected chi connectivity index (χ4v) is 1.93. The summed E-state index contributed by atoms with van der Waals surface area (Å²) >= 11 is 0. The third-order valence-corrected chi connectivity index (χ3v) is 3.12. The van der Waals surface area contributed by atoms with E-state index in [9.17, 15) is 9.59 Å². The van der Waals surface area contributed by atoms with Gasteiger partial charge in [0.15, 0.2) is 0 Å². The van der Waals surface area contributed by atoms with Crippen LogP contribution in [-0.2, 0) is 11.3 Å². The Balaban J connectivity index is 2.03. The van der Waals surface area contributed by atoms with Crippen LogP contribution < -0.4 is 15.6 Å². The van der Waals surface area contributed by atoms with Crippen molar-refractivity contribution < 1.29 is 14.3 Å². The van der Waals surface area contributed by atoms with Crippen LogP contribution in [0.3, 0.4) is 0 Å². The van der Waals surface area contributed by atoms with Gasteiger partial charge in [0.05, 0.1) is 6.61 Å². The zero-order chi connectivity index (χ0) is 16.7. The Morgan fingerprint density at radius 1 is 1.30 bits per heavy atom. The van der Waals surface area contributed by atoms with Crippen LogP contribution in [0.15, 0.2) is 35.3 Å². The number of aromatic amines is 1. The molecular formula is C16H19N3O4. The molecule has 0 bridgehead atoms. The molecule has 0 saturated carbocycles. The molecule has 0 radical (unpaired) electrons. The minimum atomic E-state index is -0.446. The number of hydrogen-bond donors (Lipinski definition) is 2. The van der Waals surface area contributed by atoms with Gasteiger partial charge in [-0.25, -0.2) is 4.98 Å². The van der Waals surface area contributed by atoms with Gasteiger partial charge in [-0.05, 0) is 25.1 Å². The normalized spacial score (nSPS) is 10.3. The Labute approximate surface area is 133 Å². The minimum absolute atomic E-state index is 0.0707. The molecule has 0 saturated heterocycles. The monoisotopic (exact) mass is 317 g/mol. The van der Waals surface area contributed by atoms with Crippen molar-refractivity contribution in [3.8, 4) is 5.88 Å². The predicted octanol–water partition coefficient (Wildman–Crippen LogP) is 1.03. The second-order valence-corrected chi connectivity index (χ2v) is 4.88. The Kier molecular flexibility index (Phi) is 5.87. The molecule has 0 spiro atoms. The maximum Gasteiger partial charge on any atom is 0.260 e. The Morgan fingerprint density at radius 2 is 2.13 bits per heavy atom. The van der Waals surface area contributed by atoms with Gasteiger partial charge in [-0.2, -0.15) is 0 Å². The molecule has 7 nitrogen and oxygen atoms in total. The topological polar surface area (TPSA) is 93.3 Å². The summed E-state index contributed by atoms with van der Waals surface area (Å²) in [6.07, 6.45) is 1.61. The Hall–Kier alpha value is -2.67. The number of amides is 1. The van der Waals surface area contributed by atoms with Crippen LogP contribution in [0.2, 0.25) is 0 Å². The minimum Gasteiger partial charge on any atom is -0.475 e. The Morgan fingerprint density at radius 3 is 2.87 bits per heavy atom. The van der Waals surface area contributed by atoms with E-state index in [0.29, 0.717) is 24.8 Å². The molecular weight excluding hydrogens is 298 g/mol. The summed E-state index contributed by atoms with van der Waals surface area (Å²) < 4.78 is 10.4. The fraction of sp³-hybridized carbons (Fsp3) is 0.312. The molecule has 0 unspecified atom stereocenters. The molecule has 2 aromatic rings. The van der Waals surface area contributed by atoms with Gasteiger partial charge in [-0.15, -0.1) is 0 Å². The number of methoxy groups -OCH3 is 1. The van der Waals surface area contributed by atoms with E-state index in [2.05, 4.69) is 15.3 Å². The zero-order valence-corrected chi connectivity index (χ0v) is 13.1. The van der Waals surface area contributed by atoms with E-state index in [1.165, 1.54) is 6.07 Å². The van der Waals surface area contributed by atoms with Crippen molar-refractivity contribution in [2.24, 2.45) is 0 Å². The number of nitrogens with one attached hydrogen (secondary N) is 2. The molecule has 0 atom stereocenters. The first-order chi connectivity index (χ1) is 11.1. The summed E-state index contributed by atoms with van der Waals surface area (Å²) in [4.78, 5) is 30.6. The standard InChI is InChI=1S/C16H19N3O4/c1-11-5-6-13(15(21)19-11)14(20)18-10-12-4-3-7-17-16(12)23-9-8-22-2/h3-7H,8-10H2,1-2H3,(H,18,20)(H,19,21). The average Bonchev–Trinajstić information content (AvgIpc) is 2.54. The first kappa shape index (κ1) is 16.7. The SMILES string of the molecule is COCCOc1ncccc1CNC(=O)c1ccc(C)[nH]c1=O. The van der Waals surface area contributed by atoms with Crippen molar-refractivity contribution >= 4 is 5.91 Å². The van der Waals surface area contributed by atoms with Crippen LogP contribution >= 0.6 is 0 Å². The van der Waals surface area contributed by atoms with E-state index < -0.39 is 11.5 Å². The number of aryl methyl sites for hydroxylation is 1. The van der Waals surface area contributed by atoms with Crippen LogP contribution in [0, 0.1) is 6.92 Å². The van der Waals surface area contributed by atoms with E-state index in [0.717, 1.165) is 5.56 Å². The summed E-state index contributed by atoms with van der Waals surface area (Å²) in [6.45, 7) is 2.78. The van der Waals surface area contributed by atoms with Gasteiger partial charge in [0.1, 0.15) is 12.2 Å². The molecule has 23 heavy (non-hydrogen) atoms. The molecule has 122 valence electrons. The van der Waals surface area contributed by atoms with Crippen molar-refractivity contribution in [2.75, 3.05) is 20.3 Å². The number of hydrogen-bond acceptors (Lipinski definition) is 5. The van der Waals surface area contributed by atoms with Crippen LogP contribution in [0.4, 0.5) is 0 Å². The largest absolute Gasteiger partial charge is 0.475 e. The maximum absolute atomic E-state index is 12.1. The van der Waals surface area contributed by atoms with Crippen LogP contribution in [0.25, 0.3) is 0 Å². The zero-order valence-electron chi connectivity index (χ0n) is 13.1. The second-order valence-electron chi connectivity index (χ2n) is 4.88. The molecule has 0 aliphatic heterocycles. The highest BCUT2D eigenvalue weighted by Crippen LogP contribution is 2.14. The van der Waals surface area contributed by atoms with E-state index in [4.69, 9.17) is 9.47 Å². The van der Waals surface area contributed by atoms with Gasteiger partial charge >= 0.3 is 0 Å². The molecule has 0 aliphatic rings. The highest BCUT2D eigenvalue weighted by molar-refractivity contribution is 5.93. The van der Waals surface area contributed by atoms with E-state index in [-0.39, 0.29) is 12.1 Å². The smallest absolute Gasteiger partial charge is 0.260 e. The van der Waals surface area contributed by atoms with Gasteiger partial charge in [0.25, 0.3) is 11.5 Å². The molecule has 0 aromatic carbocycles. The number of aromatic nitrogens is 2. The van der Waals surface area contributed by atoms with E-state index in [1.807, 2.05) is 0 Å². The van der Waals surface area contributed by atoms with Gasteiger partial charge < -0.3 is 19.8 Å². The van der Waals surface area contributed by atoms with Crippen molar-refractivity contribution in [3.05, 3.63) is 57.6 Å². The summed E-state index contributed by atoms with van der Waals surface area (Å²) in [5, 5.41) is 2.70. The summed E-state index contributed by atoms with van der Waals surface area (Å²) in [6, 6.07) is 6.74. The first-order valence-corrected chi connectivity index (χ1v) is 7.15. The highest BCUT2D eigenvalue weighted by Gasteiger charge is 2.12. The molecule has 2 rings (SSSR count).